The minimum atomic E-state index is 0.641. The summed E-state index contributed by atoms with van der Waals surface area (Å²) in [5.41, 5.74) is 2.37. The molecule has 0 aliphatic rings. The van der Waals surface area contributed by atoms with E-state index in [1.54, 1.807) is 4.31 Å². The normalized spacial score (nSPS) is 10.0. The van der Waals surface area contributed by atoms with E-state index in [2.05, 4.69) is 12.1 Å². The molecule has 0 unspecified atom stereocenters. The number of carbonyl (C=O) groups excluding carboxylic acids is 1. The standard InChI is InChI=1S/C15H15NOS/c17-13-16(11-14-7-3-1-4-8-14)18-12-15-9-5-2-6-10-15/h1-10,13H,11-12H2. The minimum Gasteiger partial charge on any atom is -0.284 e. The van der Waals surface area contributed by atoms with Crippen molar-refractivity contribution in [3.63, 3.8) is 0 Å². The highest BCUT2D eigenvalue weighted by atomic mass is 32.2. The summed E-state index contributed by atoms with van der Waals surface area (Å²) in [7, 11) is 0. The highest BCUT2D eigenvalue weighted by Crippen LogP contribution is 2.18. The lowest BCUT2D eigenvalue weighted by atomic mass is 10.2. The first-order valence-electron chi connectivity index (χ1n) is 5.81. The third kappa shape index (κ3) is 3.93. The van der Waals surface area contributed by atoms with Gasteiger partial charge in [0.05, 0.1) is 6.54 Å². The average Bonchev–Trinajstić information content (AvgIpc) is 2.45. The molecule has 2 rings (SSSR count). The van der Waals surface area contributed by atoms with E-state index in [9.17, 15) is 4.79 Å². The van der Waals surface area contributed by atoms with Crippen LogP contribution in [0.5, 0.6) is 0 Å². The fraction of sp³-hybridized carbons (Fsp3) is 0.133. The fourth-order valence-electron chi connectivity index (χ4n) is 1.61. The third-order valence-corrected chi connectivity index (χ3v) is 3.55. The molecule has 0 saturated heterocycles. The first-order chi connectivity index (χ1) is 8.88. The molecule has 2 nitrogen and oxygen atoms in total. The Hall–Kier alpha value is -1.74. The van der Waals surface area contributed by atoms with Gasteiger partial charge < -0.3 is 0 Å². The lowest BCUT2D eigenvalue weighted by Gasteiger charge is -2.15. The van der Waals surface area contributed by atoms with Crippen LogP contribution in [0.1, 0.15) is 11.1 Å². The molecule has 0 atom stereocenters. The number of amides is 1. The van der Waals surface area contributed by atoms with Gasteiger partial charge in [-0.05, 0) is 23.1 Å². The molecule has 0 spiro atoms. The fourth-order valence-corrected chi connectivity index (χ4v) is 2.42. The van der Waals surface area contributed by atoms with Gasteiger partial charge in [0.1, 0.15) is 0 Å². The van der Waals surface area contributed by atoms with Crippen LogP contribution in [-0.4, -0.2) is 10.7 Å². The van der Waals surface area contributed by atoms with E-state index in [4.69, 9.17) is 0 Å². The van der Waals surface area contributed by atoms with Crippen LogP contribution in [0.4, 0.5) is 0 Å². The number of hydrogen-bond donors (Lipinski definition) is 0. The van der Waals surface area contributed by atoms with Crippen molar-refractivity contribution >= 4 is 18.4 Å². The molecule has 0 N–H and O–H groups in total. The Morgan fingerprint density at radius 3 is 2.00 bits per heavy atom. The minimum absolute atomic E-state index is 0.641. The Morgan fingerprint density at radius 2 is 1.44 bits per heavy atom. The summed E-state index contributed by atoms with van der Waals surface area (Å²) in [6.07, 6.45) is 0.889. The zero-order chi connectivity index (χ0) is 12.6. The van der Waals surface area contributed by atoms with Gasteiger partial charge in [0.25, 0.3) is 0 Å². The van der Waals surface area contributed by atoms with Gasteiger partial charge in [-0.15, -0.1) is 0 Å². The molecule has 0 aliphatic carbocycles. The second kappa shape index (κ2) is 6.87. The van der Waals surface area contributed by atoms with Gasteiger partial charge in [0, 0.05) is 5.75 Å². The summed E-state index contributed by atoms with van der Waals surface area (Å²) in [5, 5.41) is 0. The smallest absolute Gasteiger partial charge is 0.219 e. The molecule has 0 aliphatic heterocycles. The molecule has 0 aromatic heterocycles. The Morgan fingerprint density at radius 1 is 0.889 bits per heavy atom. The maximum absolute atomic E-state index is 11.0. The van der Waals surface area contributed by atoms with Gasteiger partial charge >= 0.3 is 0 Å². The molecular weight excluding hydrogens is 242 g/mol. The van der Waals surface area contributed by atoms with Crippen LogP contribution in [0.25, 0.3) is 0 Å². The zero-order valence-corrected chi connectivity index (χ0v) is 10.8. The first kappa shape index (κ1) is 12.7. The zero-order valence-electron chi connectivity index (χ0n) is 10.0. The Labute approximate surface area is 112 Å². The summed E-state index contributed by atoms with van der Waals surface area (Å²) >= 11 is 1.53. The van der Waals surface area contributed by atoms with Crippen LogP contribution in [-0.2, 0) is 17.1 Å². The highest BCUT2D eigenvalue weighted by molar-refractivity contribution is 7.96. The average molecular weight is 257 g/mol. The molecule has 1 amide bonds. The van der Waals surface area contributed by atoms with Crippen molar-refractivity contribution in [1.29, 1.82) is 0 Å². The molecule has 0 fully saturated rings. The second-order valence-electron chi connectivity index (χ2n) is 3.93. The Bertz CT molecular complexity index is 472. The summed E-state index contributed by atoms with van der Waals surface area (Å²) in [6, 6.07) is 20.2. The van der Waals surface area contributed by atoms with Gasteiger partial charge in [0.15, 0.2) is 0 Å². The van der Waals surface area contributed by atoms with Crippen LogP contribution in [0.3, 0.4) is 0 Å². The Kier molecular flexibility index (Phi) is 4.85. The number of nitrogens with zero attached hydrogens (tertiary/aromatic N) is 1. The Balaban J connectivity index is 1.88. The van der Waals surface area contributed by atoms with E-state index in [1.807, 2.05) is 48.5 Å². The quantitative estimate of drug-likeness (QED) is 0.583. The molecule has 2 aromatic carbocycles. The number of rotatable bonds is 6. The van der Waals surface area contributed by atoms with Crippen LogP contribution in [0.2, 0.25) is 0 Å². The number of hydrogen-bond acceptors (Lipinski definition) is 2. The summed E-state index contributed by atoms with van der Waals surface area (Å²) in [5.74, 6) is 0.812. The maximum atomic E-state index is 11.0. The molecule has 18 heavy (non-hydrogen) atoms. The van der Waals surface area contributed by atoms with Crippen LogP contribution in [0, 0.1) is 0 Å². The van der Waals surface area contributed by atoms with Crippen molar-refractivity contribution in [2.45, 2.75) is 12.3 Å². The van der Waals surface area contributed by atoms with Crippen molar-refractivity contribution in [1.82, 2.24) is 4.31 Å². The van der Waals surface area contributed by atoms with Gasteiger partial charge in [-0.2, -0.15) is 0 Å². The lowest BCUT2D eigenvalue weighted by molar-refractivity contribution is -0.114. The van der Waals surface area contributed by atoms with E-state index in [0.29, 0.717) is 6.54 Å². The van der Waals surface area contributed by atoms with Crippen molar-refractivity contribution < 1.29 is 4.79 Å². The molecule has 3 heteroatoms. The van der Waals surface area contributed by atoms with Gasteiger partial charge in [-0.25, -0.2) is 0 Å². The maximum Gasteiger partial charge on any atom is 0.219 e. The van der Waals surface area contributed by atoms with Crippen molar-refractivity contribution in [3.05, 3.63) is 71.8 Å². The van der Waals surface area contributed by atoms with Gasteiger partial charge in [-0.1, -0.05) is 60.7 Å². The van der Waals surface area contributed by atoms with E-state index in [0.717, 1.165) is 17.7 Å². The van der Waals surface area contributed by atoms with Crippen molar-refractivity contribution in [3.8, 4) is 0 Å². The van der Waals surface area contributed by atoms with Gasteiger partial charge in [0.2, 0.25) is 6.41 Å². The van der Waals surface area contributed by atoms with Gasteiger partial charge in [-0.3, -0.25) is 9.10 Å². The predicted octanol–water partition coefficient (Wildman–Crippen LogP) is 3.49. The van der Waals surface area contributed by atoms with Crippen molar-refractivity contribution in [2.75, 3.05) is 0 Å². The predicted molar refractivity (Wildman–Crippen MR) is 75.8 cm³/mol. The molecule has 92 valence electrons. The van der Waals surface area contributed by atoms with Crippen LogP contribution < -0.4 is 0 Å². The lowest BCUT2D eigenvalue weighted by Crippen LogP contribution is -2.12. The monoisotopic (exact) mass is 257 g/mol. The van der Waals surface area contributed by atoms with E-state index < -0.39 is 0 Å². The molecule has 0 heterocycles. The molecule has 0 radical (unpaired) electrons. The number of benzene rings is 2. The SMILES string of the molecule is O=CN(Cc1ccccc1)SCc1ccccc1. The van der Waals surface area contributed by atoms with Crippen molar-refractivity contribution in [2.24, 2.45) is 0 Å². The van der Waals surface area contributed by atoms with E-state index in [-0.39, 0.29) is 0 Å². The molecule has 2 aromatic rings. The van der Waals surface area contributed by atoms with E-state index >= 15 is 0 Å². The molecular formula is C15H15NOS. The third-order valence-electron chi connectivity index (χ3n) is 2.54. The van der Waals surface area contributed by atoms with E-state index in [1.165, 1.54) is 17.5 Å². The second-order valence-corrected chi connectivity index (χ2v) is 4.94. The molecule has 0 bridgehead atoms. The molecule has 0 saturated carbocycles. The van der Waals surface area contributed by atoms with Crippen LogP contribution >= 0.6 is 11.9 Å². The first-order valence-corrected chi connectivity index (χ1v) is 6.75. The summed E-state index contributed by atoms with van der Waals surface area (Å²) in [4.78, 5) is 11.0. The highest BCUT2D eigenvalue weighted by Gasteiger charge is 2.04. The summed E-state index contributed by atoms with van der Waals surface area (Å²) in [6.45, 7) is 0.641. The number of carbonyl (C=O) groups is 1. The largest absolute Gasteiger partial charge is 0.284 e. The summed E-state index contributed by atoms with van der Waals surface area (Å²) < 4.78 is 1.72. The topological polar surface area (TPSA) is 20.3 Å². The van der Waals surface area contributed by atoms with Crippen LogP contribution in [0.15, 0.2) is 60.7 Å².